The van der Waals surface area contributed by atoms with Gasteiger partial charge in [-0.15, -0.1) is 12.4 Å². The van der Waals surface area contributed by atoms with E-state index < -0.39 is 0 Å². The summed E-state index contributed by atoms with van der Waals surface area (Å²) in [5.41, 5.74) is 6.95. The van der Waals surface area contributed by atoms with Crippen molar-refractivity contribution in [1.82, 2.24) is 0 Å². The Hall–Kier alpha value is -0.670. The van der Waals surface area contributed by atoms with Gasteiger partial charge in [0.1, 0.15) is 0 Å². The van der Waals surface area contributed by atoms with E-state index in [2.05, 4.69) is 29.3 Å². The highest BCUT2D eigenvalue weighted by Gasteiger charge is 2.15. The van der Waals surface area contributed by atoms with Crippen molar-refractivity contribution in [2.24, 2.45) is 10.7 Å². The Kier molecular flexibility index (Phi) is 4.29. The second-order valence-electron chi connectivity index (χ2n) is 3.10. The monoisotopic (exact) mass is 228 g/mol. The minimum absolute atomic E-state index is 0. The maximum Gasteiger partial charge on any atom is 0.153 e. The summed E-state index contributed by atoms with van der Waals surface area (Å²) in [4.78, 5) is 4.25. The summed E-state index contributed by atoms with van der Waals surface area (Å²) in [6, 6.07) is 10.5. The van der Waals surface area contributed by atoms with Gasteiger partial charge < -0.3 is 5.73 Å². The summed E-state index contributed by atoms with van der Waals surface area (Å²) in [5, 5.41) is 0.729. The molecule has 1 unspecified atom stereocenters. The van der Waals surface area contributed by atoms with Crippen LogP contribution in [-0.4, -0.2) is 17.5 Å². The molecule has 0 aromatic heterocycles. The Balaban J connectivity index is 0.000000980. The van der Waals surface area contributed by atoms with E-state index in [1.807, 2.05) is 6.07 Å². The van der Waals surface area contributed by atoms with E-state index in [0.717, 1.165) is 17.5 Å². The molecular weight excluding hydrogens is 216 g/mol. The zero-order chi connectivity index (χ0) is 9.10. The lowest BCUT2D eigenvalue weighted by Crippen LogP contribution is -2.19. The van der Waals surface area contributed by atoms with Gasteiger partial charge in [-0.05, 0) is 5.56 Å². The molecule has 0 amide bonds. The molecule has 76 valence electrons. The average molecular weight is 229 g/mol. The Morgan fingerprint density at radius 2 is 2.00 bits per heavy atom. The molecule has 2 nitrogen and oxygen atoms in total. The van der Waals surface area contributed by atoms with E-state index in [-0.39, 0.29) is 12.4 Å². The molecule has 0 aliphatic carbocycles. The molecule has 1 aliphatic heterocycles. The van der Waals surface area contributed by atoms with Crippen molar-refractivity contribution in [3.05, 3.63) is 35.9 Å². The van der Waals surface area contributed by atoms with Crippen LogP contribution in [0.1, 0.15) is 11.5 Å². The third kappa shape index (κ3) is 2.66. The van der Waals surface area contributed by atoms with E-state index in [4.69, 9.17) is 5.73 Å². The normalized spacial score (nSPS) is 20.9. The molecule has 0 saturated heterocycles. The highest BCUT2D eigenvalue weighted by Crippen LogP contribution is 2.24. The van der Waals surface area contributed by atoms with Crippen molar-refractivity contribution in [2.45, 2.75) is 5.92 Å². The molecule has 0 spiro atoms. The van der Waals surface area contributed by atoms with Crippen LogP contribution in [0.25, 0.3) is 0 Å². The van der Waals surface area contributed by atoms with E-state index in [1.54, 1.807) is 11.8 Å². The van der Waals surface area contributed by atoms with Gasteiger partial charge in [-0.3, -0.25) is 4.99 Å². The van der Waals surface area contributed by atoms with Crippen molar-refractivity contribution in [2.75, 3.05) is 12.3 Å². The van der Waals surface area contributed by atoms with Gasteiger partial charge in [-0.25, -0.2) is 0 Å². The fourth-order valence-corrected chi connectivity index (χ4v) is 2.25. The number of amidine groups is 1. The smallest absolute Gasteiger partial charge is 0.153 e. The molecule has 1 aromatic carbocycles. The van der Waals surface area contributed by atoms with Crippen molar-refractivity contribution in [1.29, 1.82) is 0 Å². The lowest BCUT2D eigenvalue weighted by atomic mass is 10.0. The predicted octanol–water partition coefficient (Wildman–Crippen LogP) is 2.25. The van der Waals surface area contributed by atoms with Crippen LogP contribution in [0.5, 0.6) is 0 Å². The summed E-state index contributed by atoms with van der Waals surface area (Å²) in [7, 11) is 0. The quantitative estimate of drug-likeness (QED) is 0.801. The molecule has 0 saturated carbocycles. The van der Waals surface area contributed by atoms with Crippen LogP contribution in [0, 0.1) is 0 Å². The van der Waals surface area contributed by atoms with Gasteiger partial charge in [0, 0.05) is 18.2 Å². The summed E-state index contributed by atoms with van der Waals surface area (Å²) in [6.45, 7) is 0.836. The summed E-state index contributed by atoms with van der Waals surface area (Å²) >= 11 is 1.65. The van der Waals surface area contributed by atoms with Gasteiger partial charge in [0.15, 0.2) is 5.17 Å². The van der Waals surface area contributed by atoms with Crippen LogP contribution in [0.2, 0.25) is 0 Å². The molecule has 14 heavy (non-hydrogen) atoms. The first-order valence-electron chi connectivity index (χ1n) is 4.34. The number of nitrogens with zero attached hydrogens (tertiary/aromatic N) is 1. The first-order chi connectivity index (χ1) is 6.36. The van der Waals surface area contributed by atoms with E-state index in [0.29, 0.717) is 5.92 Å². The molecule has 1 heterocycles. The van der Waals surface area contributed by atoms with Crippen LogP contribution < -0.4 is 5.73 Å². The van der Waals surface area contributed by atoms with E-state index in [9.17, 15) is 0 Å². The fraction of sp³-hybridized carbons (Fsp3) is 0.300. The number of rotatable bonds is 1. The molecule has 1 atom stereocenters. The number of halogens is 1. The molecule has 4 heteroatoms. The lowest BCUT2D eigenvalue weighted by molar-refractivity contribution is 0.782. The van der Waals surface area contributed by atoms with Gasteiger partial charge in [0.2, 0.25) is 0 Å². The number of aliphatic imine (C=N–C) groups is 1. The van der Waals surface area contributed by atoms with Crippen molar-refractivity contribution >= 4 is 29.3 Å². The Labute approximate surface area is 94.4 Å². The number of thioether (sulfide) groups is 1. The number of hydrogen-bond acceptors (Lipinski definition) is 3. The van der Waals surface area contributed by atoms with Crippen LogP contribution >= 0.6 is 24.2 Å². The third-order valence-electron chi connectivity index (χ3n) is 2.17. The molecular formula is C10H13ClN2S. The maximum atomic E-state index is 5.59. The standard InChI is InChI=1S/C10H12N2S.ClH/c11-10-12-6-9(7-13-10)8-4-2-1-3-5-8;/h1-5,9H,6-7H2,(H2,11,12);1H. The average Bonchev–Trinajstić information content (AvgIpc) is 2.20. The van der Waals surface area contributed by atoms with Crippen LogP contribution in [0.3, 0.4) is 0 Å². The Bertz CT molecular complexity index is 313. The summed E-state index contributed by atoms with van der Waals surface area (Å²) in [5.74, 6) is 1.60. The minimum Gasteiger partial charge on any atom is -0.379 e. The molecule has 2 rings (SSSR count). The predicted molar refractivity (Wildman–Crippen MR) is 65.4 cm³/mol. The topological polar surface area (TPSA) is 38.4 Å². The van der Waals surface area contributed by atoms with Gasteiger partial charge in [-0.1, -0.05) is 42.1 Å². The molecule has 2 N–H and O–H groups in total. The molecule has 1 aromatic rings. The fourth-order valence-electron chi connectivity index (χ4n) is 1.41. The minimum atomic E-state index is 0. The second-order valence-corrected chi connectivity index (χ2v) is 4.14. The number of nitrogens with two attached hydrogens (primary N) is 1. The van der Waals surface area contributed by atoms with Gasteiger partial charge >= 0.3 is 0 Å². The number of benzene rings is 1. The first-order valence-corrected chi connectivity index (χ1v) is 5.32. The zero-order valence-corrected chi connectivity index (χ0v) is 9.35. The largest absolute Gasteiger partial charge is 0.379 e. The van der Waals surface area contributed by atoms with Crippen molar-refractivity contribution in [3.8, 4) is 0 Å². The first kappa shape index (κ1) is 11.4. The Morgan fingerprint density at radius 1 is 1.29 bits per heavy atom. The van der Waals surface area contributed by atoms with E-state index in [1.165, 1.54) is 5.56 Å². The van der Waals surface area contributed by atoms with E-state index >= 15 is 0 Å². The summed E-state index contributed by atoms with van der Waals surface area (Å²) in [6.07, 6.45) is 0. The summed E-state index contributed by atoms with van der Waals surface area (Å²) < 4.78 is 0. The second kappa shape index (κ2) is 5.27. The third-order valence-corrected chi connectivity index (χ3v) is 3.16. The maximum absolute atomic E-state index is 5.59. The molecule has 1 aliphatic rings. The van der Waals surface area contributed by atoms with Gasteiger partial charge in [0.05, 0.1) is 0 Å². The van der Waals surface area contributed by atoms with Crippen molar-refractivity contribution < 1.29 is 0 Å². The molecule has 0 radical (unpaired) electrons. The molecule has 0 fully saturated rings. The number of hydrogen-bond donors (Lipinski definition) is 1. The SMILES string of the molecule is Cl.NC1=NCC(c2ccccc2)CS1. The zero-order valence-electron chi connectivity index (χ0n) is 7.72. The van der Waals surface area contributed by atoms with Gasteiger partial charge in [-0.2, -0.15) is 0 Å². The van der Waals surface area contributed by atoms with Crippen LogP contribution in [0.4, 0.5) is 0 Å². The van der Waals surface area contributed by atoms with Crippen molar-refractivity contribution in [3.63, 3.8) is 0 Å². The van der Waals surface area contributed by atoms with Gasteiger partial charge in [0.25, 0.3) is 0 Å². The molecule has 0 bridgehead atoms. The highest BCUT2D eigenvalue weighted by atomic mass is 35.5. The highest BCUT2D eigenvalue weighted by molar-refractivity contribution is 8.13. The van der Waals surface area contributed by atoms with Crippen LogP contribution in [-0.2, 0) is 0 Å². The van der Waals surface area contributed by atoms with Crippen LogP contribution in [0.15, 0.2) is 35.3 Å². The Morgan fingerprint density at radius 3 is 2.57 bits per heavy atom. The lowest BCUT2D eigenvalue weighted by Gasteiger charge is -2.18.